The van der Waals surface area contributed by atoms with E-state index in [1.54, 1.807) is 18.2 Å². The summed E-state index contributed by atoms with van der Waals surface area (Å²) in [5, 5.41) is 14.8. The van der Waals surface area contributed by atoms with Gasteiger partial charge in [0, 0.05) is 11.4 Å². The van der Waals surface area contributed by atoms with Gasteiger partial charge in [-0.05, 0) is 49.2 Å². The van der Waals surface area contributed by atoms with Crippen molar-refractivity contribution in [1.82, 2.24) is 9.97 Å². The van der Waals surface area contributed by atoms with E-state index in [0.717, 1.165) is 22.5 Å². The summed E-state index contributed by atoms with van der Waals surface area (Å²) in [5.74, 6) is 0.174. The molecule has 0 bridgehead atoms. The number of nitriles is 1. The first-order valence-corrected chi connectivity index (χ1v) is 8.03. The molecule has 6 nitrogen and oxygen atoms in total. The Labute approximate surface area is 151 Å². The zero-order valence-corrected chi connectivity index (χ0v) is 14.4. The third-order valence-corrected chi connectivity index (χ3v) is 4.00. The maximum Gasteiger partial charge on any atom is 0.275 e. The van der Waals surface area contributed by atoms with Crippen LogP contribution in [-0.4, -0.2) is 15.9 Å². The summed E-state index contributed by atoms with van der Waals surface area (Å²) in [5.41, 5.74) is 4.38. The molecule has 1 aromatic heterocycles. The van der Waals surface area contributed by atoms with Crippen molar-refractivity contribution in [2.45, 2.75) is 13.8 Å². The minimum atomic E-state index is -0.316. The van der Waals surface area contributed by atoms with Gasteiger partial charge in [-0.3, -0.25) is 4.79 Å². The molecule has 0 aliphatic heterocycles. The second-order valence-electron chi connectivity index (χ2n) is 5.81. The van der Waals surface area contributed by atoms with E-state index in [2.05, 4.69) is 26.7 Å². The highest BCUT2D eigenvalue weighted by molar-refractivity contribution is 6.03. The van der Waals surface area contributed by atoms with Crippen LogP contribution in [0.2, 0.25) is 0 Å². The lowest BCUT2D eigenvalue weighted by molar-refractivity contribution is 0.102. The van der Waals surface area contributed by atoms with Crippen molar-refractivity contribution in [3.63, 3.8) is 0 Å². The Hall–Kier alpha value is -3.72. The van der Waals surface area contributed by atoms with E-state index in [1.165, 1.54) is 12.4 Å². The molecular weight excluding hydrogens is 326 g/mol. The second kappa shape index (κ2) is 7.45. The van der Waals surface area contributed by atoms with Crippen molar-refractivity contribution in [3.05, 3.63) is 77.2 Å². The standard InChI is InChI=1S/C20H17N5O/c1-13-5-3-8-17(14(13)2)25-20(26)18-11-23-19(12-22-18)24-16-7-4-6-15(9-16)10-21/h3-9,11-12H,1-2H3,(H,23,24)(H,25,26). The number of carbonyl (C=O) groups is 1. The lowest BCUT2D eigenvalue weighted by Gasteiger charge is -2.10. The molecule has 0 aliphatic carbocycles. The lowest BCUT2D eigenvalue weighted by Crippen LogP contribution is -2.15. The monoisotopic (exact) mass is 343 g/mol. The van der Waals surface area contributed by atoms with E-state index in [1.807, 2.05) is 38.1 Å². The van der Waals surface area contributed by atoms with E-state index in [4.69, 9.17) is 5.26 Å². The molecule has 0 atom stereocenters. The lowest BCUT2D eigenvalue weighted by atomic mass is 10.1. The van der Waals surface area contributed by atoms with Crippen molar-refractivity contribution in [1.29, 1.82) is 5.26 Å². The molecule has 26 heavy (non-hydrogen) atoms. The fraction of sp³-hybridized carbons (Fsp3) is 0.100. The van der Waals surface area contributed by atoms with Crippen LogP contribution in [0.5, 0.6) is 0 Å². The first kappa shape index (κ1) is 17.1. The first-order valence-electron chi connectivity index (χ1n) is 8.03. The van der Waals surface area contributed by atoms with Gasteiger partial charge in [-0.2, -0.15) is 5.26 Å². The Morgan fingerprint density at radius 3 is 2.62 bits per heavy atom. The summed E-state index contributed by atoms with van der Waals surface area (Å²) in [7, 11) is 0. The molecule has 2 aromatic carbocycles. The Morgan fingerprint density at radius 1 is 1.08 bits per heavy atom. The highest BCUT2D eigenvalue weighted by Gasteiger charge is 2.10. The number of nitrogens with zero attached hydrogens (tertiary/aromatic N) is 3. The summed E-state index contributed by atoms with van der Waals surface area (Å²) in [4.78, 5) is 20.7. The minimum absolute atomic E-state index is 0.224. The molecule has 1 heterocycles. The molecule has 2 N–H and O–H groups in total. The fourth-order valence-corrected chi connectivity index (χ4v) is 2.40. The first-order chi connectivity index (χ1) is 12.6. The number of nitrogens with one attached hydrogen (secondary N) is 2. The summed E-state index contributed by atoms with van der Waals surface area (Å²) < 4.78 is 0. The molecule has 0 radical (unpaired) electrons. The van der Waals surface area contributed by atoms with Gasteiger partial charge < -0.3 is 10.6 Å². The third-order valence-electron chi connectivity index (χ3n) is 4.00. The van der Waals surface area contributed by atoms with Crippen molar-refractivity contribution >= 4 is 23.1 Å². The molecule has 0 saturated heterocycles. The van der Waals surface area contributed by atoms with Gasteiger partial charge in [-0.25, -0.2) is 9.97 Å². The van der Waals surface area contributed by atoms with E-state index in [-0.39, 0.29) is 11.6 Å². The number of rotatable bonds is 4. The van der Waals surface area contributed by atoms with E-state index < -0.39 is 0 Å². The molecule has 6 heteroatoms. The van der Waals surface area contributed by atoms with Crippen LogP contribution in [-0.2, 0) is 0 Å². The Balaban J connectivity index is 1.71. The molecule has 3 aromatic rings. The third kappa shape index (κ3) is 3.84. The molecule has 0 unspecified atom stereocenters. The zero-order chi connectivity index (χ0) is 18.5. The van der Waals surface area contributed by atoms with Gasteiger partial charge in [0.25, 0.3) is 5.91 Å². The van der Waals surface area contributed by atoms with Gasteiger partial charge in [0.1, 0.15) is 11.5 Å². The predicted molar refractivity (Wildman–Crippen MR) is 100 cm³/mol. The van der Waals surface area contributed by atoms with Crippen LogP contribution in [0.4, 0.5) is 17.2 Å². The number of hydrogen-bond donors (Lipinski definition) is 2. The van der Waals surface area contributed by atoms with Crippen LogP contribution in [0.15, 0.2) is 54.9 Å². The molecule has 128 valence electrons. The predicted octanol–water partition coefficient (Wildman–Crippen LogP) is 3.96. The average molecular weight is 343 g/mol. The van der Waals surface area contributed by atoms with Crippen molar-refractivity contribution < 1.29 is 4.79 Å². The smallest absolute Gasteiger partial charge is 0.275 e. The van der Waals surface area contributed by atoms with Crippen LogP contribution in [0.3, 0.4) is 0 Å². The molecular formula is C20H17N5O. The SMILES string of the molecule is Cc1cccc(NC(=O)c2cnc(Nc3cccc(C#N)c3)cn2)c1C. The number of carbonyl (C=O) groups excluding carboxylic acids is 1. The highest BCUT2D eigenvalue weighted by atomic mass is 16.1. The Kier molecular flexibility index (Phi) is 4.90. The number of hydrogen-bond acceptors (Lipinski definition) is 5. The molecule has 0 aliphatic rings. The fourth-order valence-electron chi connectivity index (χ4n) is 2.40. The average Bonchev–Trinajstić information content (AvgIpc) is 2.66. The number of aryl methyl sites for hydroxylation is 1. The van der Waals surface area contributed by atoms with Gasteiger partial charge >= 0.3 is 0 Å². The van der Waals surface area contributed by atoms with Gasteiger partial charge in [-0.15, -0.1) is 0 Å². The van der Waals surface area contributed by atoms with E-state index in [0.29, 0.717) is 11.4 Å². The molecule has 0 fully saturated rings. The van der Waals surface area contributed by atoms with Crippen LogP contribution in [0.1, 0.15) is 27.2 Å². The summed E-state index contributed by atoms with van der Waals surface area (Å²) in [6, 6.07) is 14.9. The van der Waals surface area contributed by atoms with E-state index >= 15 is 0 Å². The normalized spacial score (nSPS) is 10.0. The quantitative estimate of drug-likeness (QED) is 0.748. The van der Waals surface area contributed by atoms with Gasteiger partial charge in [0.05, 0.1) is 24.0 Å². The highest BCUT2D eigenvalue weighted by Crippen LogP contribution is 2.19. The van der Waals surface area contributed by atoms with E-state index in [9.17, 15) is 4.79 Å². The van der Waals surface area contributed by atoms with Crippen LogP contribution < -0.4 is 10.6 Å². The maximum atomic E-state index is 12.4. The molecule has 3 rings (SSSR count). The number of aromatic nitrogens is 2. The number of amides is 1. The molecule has 0 spiro atoms. The summed E-state index contributed by atoms with van der Waals surface area (Å²) in [6.45, 7) is 3.95. The number of benzene rings is 2. The summed E-state index contributed by atoms with van der Waals surface area (Å²) in [6.07, 6.45) is 2.90. The van der Waals surface area contributed by atoms with Crippen molar-refractivity contribution in [2.75, 3.05) is 10.6 Å². The summed E-state index contributed by atoms with van der Waals surface area (Å²) >= 11 is 0. The van der Waals surface area contributed by atoms with Crippen LogP contribution >= 0.6 is 0 Å². The minimum Gasteiger partial charge on any atom is -0.339 e. The zero-order valence-electron chi connectivity index (χ0n) is 14.4. The topological polar surface area (TPSA) is 90.7 Å². The van der Waals surface area contributed by atoms with Crippen molar-refractivity contribution in [3.8, 4) is 6.07 Å². The Morgan fingerprint density at radius 2 is 1.88 bits per heavy atom. The maximum absolute atomic E-state index is 12.4. The molecule has 1 amide bonds. The van der Waals surface area contributed by atoms with Gasteiger partial charge in [0.2, 0.25) is 0 Å². The second-order valence-corrected chi connectivity index (χ2v) is 5.81. The van der Waals surface area contributed by atoms with Crippen molar-refractivity contribution in [2.24, 2.45) is 0 Å². The van der Waals surface area contributed by atoms with Gasteiger partial charge in [-0.1, -0.05) is 18.2 Å². The van der Waals surface area contributed by atoms with Crippen LogP contribution in [0.25, 0.3) is 0 Å². The van der Waals surface area contributed by atoms with Crippen LogP contribution in [0, 0.1) is 25.2 Å². The number of anilines is 3. The molecule has 0 saturated carbocycles. The Bertz CT molecular complexity index is 990. The largest absolute Gasteiger partial charge is 0.339 e. The van der Waals surface area contributed by atoms with Gasteiger partial charge in [0.15, 0.2) is 0 Å².